The van der Waals surface area contributed by atoms with Crippen molar-refractivity contribution in [2.75, 3.05) is 133 Å². The van der Waals surface area contributed by atoms with Crippen molar-refractivity contribution in [3.8, 4) is 5.75 Å². The molecule has 3 aromatic rings. The van der Waals surface area contributed by atoms with E-state index in [2.05, 4.69) is 95.4 Å². The van der Waals surface area contributed by atoms with E-state index in [1.165, 1.54) is 43.1 Å². The topological polar surface area (TPSA) is 779 Å². The van der Waals surface area contributed by atoms with Crippen LogP contribution >= 0.6 is 0 Å². The number of aliphatic hydroxyl groups is 2. The minimum absolute atomic E-state index is 0.00285. The lowest BCUT2D eigenvalue weighted by Crippen LogP contribution is -2.62. The third kappa shape index (κ3) is 50.3. The number of H-pyrrole nitrogens is 1. The van der Waals surface area contributed by atoms with Crippen molar-refractivity contribution in [1.82, 2.24) is 100 Å². The number of benzene rings is 2. The highest BCUT2D eigenvalue weighted by Gasteiger charge is 2.41. The van der Waals surface area contributed by atoms with Gasteiger partial charge in [-0.15, -0.1) is 0 Å². The lowest BCUT2D eigenvalue weighted by molar-refractivity contribution is -0.142. The number of aliphatic carboxylic acids is 1. The number of carboxylic acid groups (broad SMARTS) is 1. The number of para-hydroxylation sites is 1. The van der Waals surface area contributed by atoms with E-state index < -0.39 is 229 Å². The summed E-state index contributed by atoms with van der Waals surface area (Å²) < 4.78 is 26.6. The predicted octanol–water partition coefficient (Wildman–Crippen LogP) is -5.72. The number of unbranched alkanes of at least 4 members (excludes halogenated alkanes) is 4. The molecule has 0 saturated carbocycles. The molecule has 842 valence electrons. The van der Waals surface area contributed by atoms with Crippen LogP contribution in [0.5, 0.6) is 5.75 Å². The van der Waals surface area contributed by atoms with Crippen LogP contribution in [0.1, 0.15) is 182 Å². The Kier molecular flexibility index (Phi) is 62.1. The number of aromatic nitrogens is 1. The SMILES string of the molecule is CNCC(=O)N[C@@H](Cc1c[nH]c2ccccc12)C(=O)N[C@H](C(=O)N[C@@H](CC(C)C)C(=O)N[C@@H](CC(N)=O)C(=O)N[C@@H](CO)C(=O)N[C@@H](C)C(=O)NCC(=O)N[C@@H](Cc1ccc(O)cc1)C(=O)N[C@@H](CC(C)C)C(=O)N[C@@H](CC(C)C)C(=O)NCC(=O)N1CCC[C@H]1C(=O)N[C@@H](CCCCN)C(=O)N[C@@H](CCCCN)C(=O)N[C@@H](CCCCNC(=O)COCCOCCOCCOCCOC)C(=O)N[C@@H](CCCCN)C(=O)O)[C@@H](C)O. The number of carbonyl (C=O) groups excluding carboxylic acids is 18. The van der Waals surface area contributed by atoms with Gasteiger partial charge in [0.1, 0.15) is 96.9 Å². The first kappa shape index (κ1) is 130. The van der Waals surface area contributed by atoms with E-state index in [0.29, 0.717) is 102 Å². The molecule has 51 nitrogen and oxygen atoms in total. The number of phenols is 1. The Labute approximate surface area is 874 Å². The van der Waals surface area contributed by atoms with Gasteiger partial charge < -0.3 is 167 Å². The van der Waals surface area contributed by atoms with Gasteiger partial charge in [-0.3, -0.25) is 86.3 Å². The smallest absolute Gasteiger partial charge is 0.326 e. The molecule has 1 aliphatic rings. The van der Waals surface area contributed by atoms with Crippen molar-refractivity contribution >= 4 is 123 Å². The second-order valence-electron chi connectivity index (χ2n) is 38.1. The summed E-state index contributed by atoms with van der Waals surface area (Å²) in [7, 11) is 3.10. The molecule has 51 heteroatoms. The molecule has 1 fully saturated rings. The molecule has 1 aromatic heterocycles. The van der Waals surface area contributed by atoms with Crippen LogP contribution < -0.4 is 113 Å². The fraction of sp³-hybridized carbons (Fsp3) is 0.667. The predicted molar refractivity (Wildman–Crippen MR) is 549 cm³/mol. The summed E-state index contributed by atoms with van der Waals surface area (Å²) in [6.45, 7) is 13.1. The Bertz CT molecular complexity index is 4760. The number of aromatic hydroxyl groups is 1. The quantitative estimate of drug-likeness (QED) is 0.0234. The maximum atomic E-state index is 14.6. The van der Waals surface area contributed by atoms with Crippen molar-refractivity contribution in [2.24, 2.45) is 40.7 Å². The highest BCUT2D eigenvalue weighted by Crippen LogP contribution is 2.23. The number of aliphatic hydroxyl groups excluding tert-OH is 2. The number of hydrogen-bond donors (Lipinski definition) is 26. The number of fused-ring (bicyclic) bond motifs is 1. The van der Waals surface area contributed by atoms with Crippen molar-refractivity contribution in [1.29, 1.82) is 0 Å². The van der Waals surface area contributed by atoms with Gasteiger partial charge in [0.2, 0.25) is 106 Å². The minimum atomic E-state index is -1.90. The third-order valence-corrected chi connectivity index (χ3v) is 23.9. The summed E-state index contributed by atoms with van der Waals surface area (Å²) in [5, 5.41) is 85.8. The summed E-state index contributed by atoms with van der Waals surface area (Å²) in [4.78, 5) is 268. The zero-order chi connectivity index (χ0) is 111. The van der Waals surface area contributed by atoms with E-state index in [0.717, 1.165) is 17.8 Å². The van der Waals surface area contributed by atoms with E-state index in [1.54, 1.807) is 73.0 Å². The number of hydrogen-bond acceptors (Lipinski definition) is 31. The highest BCUT2D eigenvalue weighted by atomic mass is 16.6. The minimum Gasteiger partial charge on any atom is -0.508 e. The molecule has 0 aliphatic carbocycles. The first-order chi connectivity index (χ1) is 71.5. The van der Waals surface area contributed by atoms with Gasteiger partial charge in [-0.25, -0.2) is 4.79 Å². The van der Waals surface area contributed by atoms with Crippen molar-refractivity contribution in [2.45, 2.75) is 274 Å². The van der Waals surface area contributed by atoms with Crippen LogP contribution in [0.3, 0.4) is 0 Å². The van der Waals surface area contributed by atoms with Crippen LogP contribution in [0.15, 0.2) is 54.7 Å². The molecule has 0 unspecified atom stereocenters. The molecular weight excluding hydrogens is 1960 g/mol. The monoisotopic (exact) mass is 2120 g/mol. The fourth-order valence-corrected chi connectivity index (χ4v) is 16.0. The molecule has 15 atom stereocenters. The summed E-state index contributed by atoms with van der Waals surface area (Å²) in [5.74, 6) is -18.6. The zero-order valence-corrected chi connectivity index (χ0v) is 87.8. The van der Waals surface area contributed by atoms with E-state index in [1.807, 2.05) is 6.07 Å². The maximum Gasteiger partial charge on any atom is 0.326 e. The zero-order valence-electron chi connectivity index (χ0n) is 87.8. The Morgan fingerprint density at radius 2 is 0.873 bits per heavy atom. The number of nitrogens with zero attached hydrogens (tertiary/aromatic N) is 1. The molecule has 0 spiro atoms. The van der Waals surface area contributed by atoms with Crippen LogP contribution in [-0.4, -0.2) is 366 Å². The Morgan fingerprint density at radius 1 is 0.440 bits per heavy atom. The average molecular weight is 2120 g/mol. The molecule has 2 aromatic carbocycles. The lowest BCUT2D eigenvalue weighted by atomic mass is 9.99. The number of carboxylic acids is 1. The van der Waals surface area contributed by atoms with Crippen molar-refractivity contribution < 1.29 is 135 Å². The van der Waals surface area contributed by atoms with Crippen LogP contribution in [-0.2, 0) is 128 Å². The molecule has 1 aliphatic heterocycles. The van der Waals surface area contributed by atoms with Gasteiger partial charge in [-0.05, 0) is 197 Å². The first-order valence-corrected chi connectivity index (χ1v) is 51.2. The molecule has 4 rings (SSSR count). The van der Waals surface area contributed by atoms with E-state index in [-0.39, 0.29) is 153 Å². The number of nitrogens with one attached hydrogen (secondary N) is 18. The fourth-order valence-electron chi connectivity index (χ4n) is 16.0. The second kappa shape index (κ2) is 71.9. The van der Waals surface area contributed by atoms with E-state index in [9.17, 15) is 112 Å². The van der Waals surface area contributed by atoms with E-state index >= 15 is 0 Å². The number of nitrogens with two attached hydrogens (primary N) is 4. The molecule has 150 heavy (non-hydrogen) atoms. The molecule has 1 saturated heterocycles. The number of likely N-dealkylation sites (tertiary alicyclic amines) is 1. The van der Waals surface area contributed by atoms with Gasteiger partial charge in [-0.1, -0.05) is 71.9 Å². The second-order valence-corrected chi connectivity index (χ2v) is 38.1. The van der Waals surface area contributed by atoms with Gasteiger partial charge in [0.25, 0.3) is 0 Å². The Balaban J connectivity index is 1.43. The van der Waals surface area contributed by atoms with Crippen LogP contribution in [0, 0.1) is 17.8 Å². The summed E-state index contributed by atoms with van der Waals surface area (Å²) >= 11 is 0. The van der Waals surface area contributed by atoms with Gasteiger partial charge >= 0.3 is 5.97 Å². The van der Waals surface area contributed by atoms with Gasteiger partial charge in [0.05, 0.1) is 91.6 Å². The Hall–Kier alpha value is -12.7. The third-order valence-electron chi connectivity index (χ3n) is 23.9. The number of methoxy groups -OCH3 is 1. The number of primary amides is 1. The molecule has 0 radical (unpaired) electrons. The standard InChI is InChI=1S/C99H163N23O28/c1-58(2)46-72(87(132)108-55-84(130)122-37-21-28-79(122)97(142)114-70(25-14-18-34-101)89(134)112-68(24-13-17-33-100)88(133)113-69(90(135)115-71(99(144)145)27-15-19-35-102)26-16-20-36-105-83(129)57-150-45-44-149-43-42-148-41-40-147-39-38-146-10)116-91(136)73(47-59(3)4)117-93(138)75(49-63-29-31-65(125)32-30-63)110-82(128)54-107-86(131)61(7)109-96(141)78(56-123)120-94(139)77(51-80(103)126)118-92(137)74(48-60(5)6)119-98(143)85(62(8)124)121-95(140)76(111-81(127)53-104-9)50-64-52-106-67-23-12-11-22-66(64)67/h11-12,22-23,29-32,52,58-62,68-79,85,104,106,123-125H,13-21,24-28,33-51,53-57,100-102H2,1-10H3,(H2,103,126)(H,105,129)(H,107,131)(H,108,132)(H,109,141)(H,110,128)(H,111,127)(H,112,134)(H,113,133)(H,114,142)(H,115,135)(H,116,136)(H,117,138)(H,118,137)(H,119,143)(H,120,139)(H,121,140)(H,144,145)/t61-,62+,68-,69-,70-,71-,72-,73-,74-,75-,76-,77-,78-,79-,85-/m0/s1. The summed E-state index contributed by atoms with van der Waals surface area (Å²) in [6, 6.07) is -8.04. The number of likely N-dealkylation sites (N-methyl/N-ethyl adjacent to an activating group) is 1. The number of phenolic OH excluding ortho intramolecular Hbond substituents is 1. The normalized spacial score (nSPS) is 15.2. The number of aromatic amines is 1. The van der Waals surface area contributed by atoms with Gasteiger partial charge in [0.15, 0.2) is 0 Å². The summed E-state index contributed by atoms with van der Waals surface area (Å²) in [6.07, 6.45) is 1.82. The summed E-state index contributed by atoms with van der Waals surface area (Å²) in [5.41, 5.74) is 24.7. The number of rotatable bonds is 78. The number of ether oxygens (including phenoxy) is 5. The van der Waals surface area contributed by atoms with Crippen LogP contribution in [0.2, 0.25) is 0 Å². The van der Waals surface area contributed by atoms with Gasteiger partial charge in [-0.2, -0.15) is 0 Å². The van der Waals surface area contributed by atoms with Crippen molar-refractivity contribution in [3.05, 3.63) is 65.9 Å². The average Bonchev–Trinajstić information content (AvgIpc) is 1.77. The van der Waals surface area contributed by atoms with Crippen LogP contribution in [0.4, 0.5) is 0 Å². The molecule has 2 heterocycles. The van der Waals surface area contributed by atoms with Crippen molar-refractivity contribution in [3.63, 3.8) is 0 Å². The largest absolute Gasteiger partial charge is 0.508 e. The molecule has 18 amide bonds. The number of carbonyl (C=O) groups is 19. The van der Waals surface area contributed by atoms with Gasteiger partial charge in [0, 0.05) is 50.1 Å². The molecular formula is C99H163N23O28. The Morgan fingerprint density at radius 3 is 1.39 bits per heavy atom. The van der Waals surface area contributed by atoms with Crippen LogP contribution in [0.25, 0.3) is 10.9 Å². The van der Waals surface area contributed by atoms with E-state index in [4.69, 9.17) is 46.6 Å². The number of amides is 18. The molecule has 30 N–H and O–H groups in total. The molecule has 0 bridgehead atoms. The highest BCUT2D eigenvalue weighted by molar-refractivity contribution is 6.02. The lowest BCUT2D eigenvalue weighted by Gasteiger charge is -2.29. The maximum absolute atomic E-state index is 14.6. The first-order valence-electron chi connectivity index (χ1n) is 51.2.